The number of nitrogens with one attached hydrogen (secondary N) is 1. The van der Waals surface area contributed by atoms with Crippen LogP contribution in [-0.4, -0.2) is 73.2 Å². The van der Waals surface area contributed by atoms with E-state index in [0.29, 0.717) is 23.9 Å². The Bertz CT molecular complexity index is 1260. The molecule has 1 saturated heterocycles. The monoisotopic (exact) mass is 559 g/mol. The molecule has 0 saturated carbocycles. The summed E-state index contributed by atoms with van der Waals surface area (Å²) >= 11 is 6.01. The molecule has 1 heterocycles. The van der Waals surface area contributed by atoms with Gasteiger partial charge in [0, 0.05) is 18.1 Å². The first-order chi connectivity index (χ1) is 17.0. The average molecular weight is 560 g/mol. The van der Waals surface area contributed by atoms with Crippen molar-refractivity contribution in [3.8, 4) is 11.5 Å². The molecule has 0 aliphatic carbocycles. The van der Waals surface area contributed by atoms with Crippen molar-refractivity contribution >= 4 is 43.2 Å². The predicted octanol–water partition coefficient (Wildman–Crippen LogP) is 2.48. The average Bonchev–Trinajstić information content (AvgIpc) is 2.85. The number of hydrogen-bond donors (Lipinski definition) is 1. The SMILES string of the molecule is COc1ccc(Cl)cc1N(CC(=O)NCCOc1ccc(S(=O)(=O)N2CCCCC2)cc1)S(C)(=O)=O. The summed E-state index contributed by atoms with van der Waals surface area (Å²) in [6.45, 7) is 0.793. The summed E-state index contributed by atoms with van der Waals surface area (Å²) in [7, 11) is -5.94. The molecule has 0 bridgehead atoms. The van der Waals surface area contributed by atoms with E-state index in [1.807, 2.05) is 0 Å². The highest BCUT2D eigenvalue weighted by Crippen LogP contribution is 2.32. The number of methoxy groups -OCH3 is 1. The van der Waals surface area contributed by atoms with Crippen LogP contribution in [0.1, 0.15) is 19.3 Å². The van der Waals surface area contributed by atoms with Crippen LogP contribution in [0, 0.1) is 0 Å². The number of rotatable bonds is 11. The lowest BCUT2D eigenvalue weighted by Gasteiger charge is -2.25. The standard InChI is InChI=1S/C23H30ClN3O7S2/c1-33-22-11-6-18(24)16-21(22)27(35(2,29)30)17-23(28)25-12-15-34-19-7-9-20(10-8-19)36(31,32)26-13-4-3-5-14-26/h6-11,16H,3-5,12-15,17H2,1-2H3,(H,25,28). The molecule has 1 aliphatic heterocycles. The number of carbonyl (C=O) groups is 1. The molecular weight excluding hydrogens is 530 g/mol. The quantitative estimate of drug-likeness (QED) is 0.420. The molecule has 2 aromatic rings. The lowest BCUT2D eigenvalue weighted by atomic mass is 10.2. The number of sulfonamides is 2. The number of nitrogens with zero attached hydrogens (tertiary/aromatic N) is 2. The second kappa shape index (κ2) is 12.1. The molecule has 10 nitrogen and oxygen atoms in total. The number of ether oxygens (including phenoxy) is 2. The minimum Gasteiger partial charge on any atom is -0.495 e. The first-order valence-electron chi connectivity index (χ1n) is 11.3. The van der Waals surface area contributed by atoms with Crippen molar-refractivity contribution in [1.29, 1.82) is 0 Å². The van der Waals surface area contributed by atoms with Gasteiger partial charge in [0.2, 0.25) is 26.0 Å². The van der Waals surface area contributed by atoms with Gasteiger partial charge in [-0.15, -0.1) is 0 Å². The molecule has 1 aliphatic rings. The maximum atomic E-state index is 12.7. The number of carbonyl (C=O) groups excluding carboxylic acids is 1. The van der Waals surface area contributed by atoms with Gasteiger partial charge in [0.1, 0.15) is 24.7 Å². The highest BCUT2D eigenvalue weighted by Gasteiger charge is 2.26. The van der Waals surface area contributed by atoms with Gasteiger partial charge in [0.25, 0.3) is 0 Å². The molecule has 3 rings (SSSR count). The van der Waals surface area contributed by atoms with Crippen molar-refractivity contribution in [2.45, 2.75) is 24.2 Å². The maximum absolute atomic E-state index is 12.7. The lowest BCUT2D eigenvalue weighted by Crippen LogP contribution is -2.41. The Morgan fingerprint density at radius 2 is 1.72 bits per heavy atom. The maximum Gasteiger partial charge on any atom is 0.243 e. The molecule has 1 N–H and O–H groups in total. The van der Waals surface area contributed by atoms with Gasteiger partial charge < -0.3 is 14.8 Å². The first kappa shape index (κ1) is 28.0. The van der Waals surface area contributed by atoms with Crippen molar-refractivity contribution in [2.75, 3.05) is 50.5 Å². The molecular formula is C23H30ClN3O7S2. The summed E-state index contributed by atoms with van der Waals surface area (Å²) in [4.78, 5) is 12.7. The molecule has 0 spiro atoms. The normalized spacial score (nSPS) is 14.8. The molecule has 1 fully saturated rings. The minimum atomic E-state index is -3.81. The molecule has 13 heteroatoms. The fourth-order valence-electron chi connectivity index (χ4n) is 3.75. The van der Waals surface area contributed by atoms with E-state index in [2.05, 4.69) is 5.32 Å². The minimum absolute atomic E-state index is 0.101. The second-order valence-electron chi connectivity index (χ2n) is 8.22. The Morgan fingerprint density at radius 1 is 1.06 bits per heavy atom. The summed E-state index contributed by atoms with van der Waals surface area (Å²) in [6, 6.07) is 10.6. The van der Waals surface area contributed by atoms with Crippen molar-refractivity contribution in [2.24, 2.45) is 0 Å². The van der Waals surface area contributed by atoms with Crippen molar-refractivity contribution in [3.63, 3.8) is 0 Å². The Morgan fingerprint density at radius 3 is 2.33 bits per heavy atom. The van der Waals surface area contributed by atoms with Crippen molar-refractivity contribution < 1.29 is 31.1 Å². The zero-order chi connectivity index (χ0) is 26.3. The number of hydrogen-bond acceptors (Lipinski definition) is 7. The number of benzene rings is 2. The Labute approximate surface area is 217 Å². The fourth-order valence-corrected chi connectivity index (χ4v) is 6.28. The third-order valence-corrected chi connectivity index (χ3v) is 8.84. The highest BCUT2D eigenvalue weighted by molar-refractivity contribution is 7.92. The molecule has 0 atom stereocenters. The summed E-state index contributed by atoms with van der Waals surface area (Å²) in [5.74, 6) is 0.156. The van der Waals surface area contributed by atoms with Crippen LogP contribution in [0.15, 0.2) is 47.4 Å². The van der Waals surface area contributed by atoms with Gasteiger partial charge in [-0.3, -0.25) is 9.10 Å². The smallest absolute Gasteiger partial charge is 0.243 e. The van der Waals surface area contributed by atoms with Gasteiger partial charge in [-0.05, 0) is 55.3 Å². The van der Waals surface area contributed by atoms with E-state index in [1.54, 1.807) is 18.2 Å². The van der Waals surface area contributed by atoms with E-state index in [1.165, 1.54) is 35.7 Å². The van der Waals surface area contributed by atoms with Crippen LogP contribution in [0.25, 0.3) is 0 Å². The zero-order valence-corrected chi connectivity index (χ0v) is 22.5. The Hall–Kier alpha value is -2.54. The molecule has 2 aromatic carbocycles. The molecule has 0 aromatic heterocycles. The zero-order valence-electron chi connectivity index (χ0n) is 20.1. The number of amides is 1. The number of halogens is 1. The van der Waals surface area contributed by atoms with Crippen LogP contribution in [0.3, 0.4) is 0 Å². The Balaban J connectivity index is 1.53. The van der Waals surface area contributed by atoms with Gasteiger partial charge in [0.05, 0.1) is 30.5 Å². The topological polar surface area (TPSA) is 122 Å². The number of piperidine rings is 1. The fraction of sp³-hybridized carbons (Fsp3) is 0.435. The second-order valence-corrected chi connectivity index (χ2v) is 12.5. The van der Waals surface area contributed by atoms with Crippen LogP contribution in [-0.2, 0) is 24.8 Å². The van der Waals surface area contributed by atoms with E-state index in [4.69, 9.17) is 21.1 Å². The van der Waals surface area contributed by atoms with E-state index in [0.717, 1.165) is 29.8 Å². The summed E-state index contributed by atoms with van der Waals surface area (Å²) < 4.78 is 63.3. The van der Waals surface area contributed by atoms with Crippen molar-refractivity contribution in [3.05, 3.63) is 47.5 Å². The largest absolute Gasteiger partial charge is 0.495 e. The summed E-state index contributed by atoms with van der Waals surface area (Å²) in [5, 5.41) is 2.90. The van der Waals surface area contributed by atoms with E-state index >= 15 is 0 Å². The summed E-state index contributed by atoms with van der Waals surface area (Å²) in [6.07, 6.45) is 3.75. The van der Waals surface area contributed by atoms with Crippen LogP contribution >= 0.6 is 11.6 Å². The van der Waals surface area contributed by atoms with Gasteiger partial charge in [-0.1, -0.05) is 18.0 Å². The third-order valence-electron chi connectivity index (χ3n) is 5.57. The van der Waals surface area contributed by atoms with Gasteiger partial charge >= 0.3 is 0 Å². The van der Waals surface area contributed by atoms with Crippen LogP contribution in [0.4, 0.5) is 5.69 Å². The van der Waals surface area contributed by atoms with E-state index in [9.17, 15) is 21.6 Å². The number of anilines is 1. The first-order valence-corrected chi connectivity index (χ1v) is 15.0. The van der Waals surface area contributed by atoms with Crippen LogP contribution in [0.5, 0.6) is 11.5 Å². The highest BCUT2D eigenvalue weighted by atomic mass is 35.5. The van der Waals surface area contributed by atoms with Crippen molar-refractivity contribution in [1.82, 2.24) is 9.62 Å². The Kier molecular flexibility index (Phi) is 9.45. The van der Waals surface area contributed by atoms with Crippen LogP contribution < -0.4 is 19.1 Å². The summed E-state index contributed by atoms with van der Waals surface area (Å²) in [5.41, 5.74) is 0.151. The third kappa shape index (κ3) is 7.25. The molecule has 0 radical (unpaired) electrons. The molecule has 1 amide bonds. The van der Waals surface area contributed by atoms with E-state index in [-0.39, 0.29) is 29.5 Å². The molecule has 36 heavy (non-hydrogen) atoms. The van der Waals surface area contributed by atoms with Gasteiger partial charge in [-0.2, -0.15) is 4.31 Å². The van der Waals surface area contributed by atoms with Gasteiger partial charge in [-0.25, -0.2) is 16.8 Å². The molecule has 0 unspecified atom stereocenters. The lowest BCUT2D eigenvalue weighted by molar-refractivity contribution is -0.119. The van der Waals surface area contributed by atoms with Gasteiger partial charge in [0.15, 0.2) is 0 Å². The van der Waals surface area contributed by atoms with Crippen LogP contribution in [0.2, 0.25) is 5.02 Å². The predicted molar refractivity (Wildman–Crippen MR) is 138 cm³/mol. The van der Waals surface area contributed by atoms with E-state index < -0.39 is 32.5 Å². The molecule has 198 valence electrons.